The minimum Gasteiger partial charge on any atom is -0.470 e. The number of nitriles is 1. The molecule has 1 N–H and O–H groups in total. The predicted octanol–water partition coefficient (Wildman–Crippen LogP) is 2.15. The number of amides is 2. The molecule has 138 valence electrons. The highest BCUT2D eigenvalue weighted by Gasteiger charge is 2.26. The molecule has 2 aliphatic rings. The minimum atomic E-state index is -0.245. The molecule has 1 fully saturated rings. The van der Waals surface area contributed by atoms with Crippen molar-refractivity contribution in [3.63, 3.8) is 0 Å². The summed E-state index contributed by atoms with van der Waals surface area (Å²) in [4.78, 5) is 22.3. The maximum absolute atomic E-state index is 12.6. The first-order chi connectivity index (χ1) is 13.2. The molecule has 2 amide bonds. The Kier molecular flexibility index (Phi) is 4.61. The monoisotopic (exact) mass is 367 g/mol. The van der Waals surface area contributed by atoms with Crippen molar-refractivity contribution in [2.24, 2.45) is 0 Å². The zero-order chi connectivity index (χ0) is 18.6. The Morgan fingerprint density at radius 3 is 3.04 bits per heavy atom. The van der Waals surface area contributed by atoms with Gasteiger partial charge in [-0.2, -0.15) is 5.26 Å². The Bertz CT molecular complexity index is 898. The fraction of sp³-hybridized carbons (Fsp3) is 0.333. The molecule has 2 aromatic rings. The van der Waals surface area contributed by atoms with Gasteiger partial charge in [0.2, 0.25) is 12.5 Å². The lowest BCUT2D eigenvalue weighted by Gasteiger charge is -2.32. The summed E-state index contributed by atoms with van der Waals surface area (Å²) in [5.41, 5.74) is 0.771. The quantitative estimate of drug-likeness (QED) is 0.885. The largest absolute Gasteiger partial charge is 0.470 e. The molecule has 2 aliphatic heterocycles. The van der Waals surface area contributed by atoms with Crippen molar-refractivity contribution in [2.45, 2.75) is 18.9 Å². The number of nitrogens with zero attached hydrogens (tertiary/aromatic N) is 4. The molecular weight excluding hydrogens is 350 g/mol. The number of aromatic nitrogens is 2. The van der Waals surface area contributed by atoms with E-state index in [9.17, 15) is 4.79 Å². The molecule has 1 aromatic carbocycles. The van der Waals surface area contributed by atoms with Crippen LogP contribution >= 0.6 is 0 Å². The molecule has 0 saturated carbocycles. The van der Waals surface area contributed by atoms with Crippen LogP contribution in [0.4, 0.5) is 10.5 Å². The maximum Gasteiger partial charge on any atom is 0.321 e. The summed E-state index contributed by atoms with van der Waals surface area (Å²) in [5, 5.41) is 12.0. The first kappa shape index (κ1) is 16.9. The summed E-state index contributed by atoms with van der Waals surface area (Å²) in [7, 11) is 0. The van der Waals surface area contributed by atoms with Gasteiger partial charge in [0.15, 0.2) is 11.5 Å². The van der Waals surface area contributed by atoms with Gasteiger partial charge in [0.25, 0.3) is 5.88 Å². The third-order valence-corrected chi connectivity index (χ3v) is 4.34. The van der Waals surface area contributed by atoms with Crippen LogP contribution in [0.1, 0.15) is 18.5 Å². The lowest BCUT2D eigenvalue weighted by molar-refractivity contribution is 0.102. The molecule has 27 heavy (non-hydrogen) atoms. The summed E-state index contributed by atoms with van der Waals surface area (Å²) in [6, 6.07) is 7.00. The Morgan fingerprint density at radius 1 is 1.30 bits per heavy atom. The number of hydrogen-bond donors (Lipinski definition) is 1. The highest BCUT2D eigenvalue weighted by molar-refractivity contribution is 5.89. The number of likely N-dealkylation sites (tertiary alicyclic amines) is 1. The molecule has 9 nitrogen and oxygen atoms in total. The molecule has 1 unspecified atom stereocenters. The second-order valence-electron chi connectivity index (χ2n) is 6.15. The Balaban J connectivity index is 1.39. The van der Waals surface area contributed by atoms with Crippen molar-refractivity contribution in [3.05, 3.63) is 36.3 Å². The van der Waals surface area contributed by atoms with E-state index in [2.05, 4.69) is 15.3 Å². The molecule has 1 aromatic heterocycles. The van der Waals surface area contributed by atoms with Crippen LogP contribution in [-0.2, 0) is 0 Å². The number of fused-ring (bicyclic) bond motifs is 1. The summed E-state index contributed by atoms with van der Waals surface area (Å²) < 4.78 is 16.4. The Hall–Kier alpha value is -3.54. The Morgan fingerprint density at radius 2 is 2.15 bits per heavy atom. The number of urea groups is 1. The van der Waals surface area contributed by atoms with Crippen LogP contribution in [0.2, 0.25) is 0 Å². The average molecular weight is 367 g/mol. The number of ether oxygens (including phenoxy) is 3. The molecule has 0 bridgehead atoms. The molecular formula is C18H17N5O4. The van der Waals surface area contributed by atoms with Gasteiger partial charge in [-0.05, 0) is 25.0 Å². The number of rotatable bonds is 3. The van der Waals surface area contributed by atoms with Gasteiger partial charge in [-0.1, -0.05) is 0 Å². The van der Waals surface area contributed by atoms with E-state index < -0.39 is 0 Å². The van der Waals surface area contributed by atoms with Gasteiger partial charge >= 0.3 is 6.03 Å². The first-order valence-corrected chi connectivity index (χ1v) is 8.56. The molecule has 3 heterocycles. The molecule has 0 radical (unpaired) electrons. The van der Waals surface area contributed by atoms with Crippen molar-refractivity contribution in [1.82, 2.24) is 14.9 Å². The van der Waals surface area contributed by atoms with Crippen LogP contribution in [0.5, 0.6) is 17.4 Å². The van der Waals surface area contributed by atoms with Gasteiger partial charge < -0.3 is 24.4 Å². The molecule has 1 atom stereocenters. The zero-order valence-electron chi connectivity index (χ0n) is 14.4. The number of benzene rings is 1. The van der Waals surface area contributed by atoms with E-state index in [1.54, 1.807) is 23.1 Å². The van der Waals surface area contributed by atoms with Crippen molar-refractivity contribution in [1.29, 1.82) is 5.26 Å². The lowest BCUT2D eigenvalue weighted by Crippen LogP contribution is -2.46. The van der Waals surface area contributed by atoms with Crippen LogP contribution in [0.25, 0.3) is 0 Å². The summed E-state index contributed by atoms with van der Waals surface area (Å²) in [6.07, 6.45) is 4.24. The summed E-state index contributed by atoms with van der Waals surface area (Å²) in [6.45, 7) is 1.21. The summed E-state index contributed by atoms with van der Waals surface area (Å²) >= 11 is 0. The van der Waals surface area contributed by atoms with Crippen LogP contribution in [0.15, 0.2) is 30.6 Å². The predicted molar refractivity (Wildman–Crippen MR) is 93.6 cm³/mol. The molecule has 4 rings (SSSR count). The van der Waals surface area contributed by atoms with Crippen LogP contribution in [0.3, 0.4) is 0 Å². The van der Waals surface area contributed by atoms with Crippen LogP contribution in [0, 0.1) is 11.3 Å². The highest BCUT2D eigenvalue weighted by Crippen LogP contribution is 2.34. The van der Waals surface area contributed by atoms with E-state index in [4.69, 9.17) is 19.5 Å². The van der Waals surface area contributed by atoms with Gasteiger partial charge in [-0.25, -0.2) is 14.8 Å². The van der Waals surface area contributed by atoms with Crippen molar-refractivity contribution in [3.8, 4) is 23.4 Å². The van der Waals surface area contributed by atoms with E-state index in [1.165, 1.54) is 12.4 Å². The summed E-state index contributed by atoms with van der Waals surface area (Å²) in [5.74, 6) is 1.47. The SMILES string of the molecule is N#Cc1nccnc1OC1CCCN(C(=O)Nc2ccc3c(c2)OCO3)C1. The number of carbonyl (C=O) groups is 1. The number of piperidine rings is 1. The normalized spacial score (nSPS) is 17.9. The average Bonchev–Trinajstić information content (AvgIpc) is 3.16. The van der Waals surface area contributed by atoms with Gasteiger partial charge in [0.05, 0.1) is 6.54 Å². The lowest BCUT2D eigenvalue weighted by atomic mass is 10.1. The highest BCUT2D eigenvalue weighted by atomic mass is 16.7. The topological polar surface area (TPSA) is 110 Å². The third-order valence-electron chi connectivity index (χ3n) is 4.34. The molecule has 0 spiro atoms. The van der Waals surface area contributed by atoms with Crippen LogP contribution < -0.4 is 19.5 Å². The van der Waals surface area contributed by atoms with Gasteiger partial charge in [-0.15, -0.1) is 0 Å². The smallest absolute Gasteiger partial charge is 0.321 e. The van der Waals surface area contributed by atoms with Crippen molar-refractivity contribution < 1.29 is 19.0 Å². The number of hydrogen-bond acceptors (Lipinski definition) is 7. The molecule has 0 aliphatic carbocycles. The maximum atomic E-state index is 12.6. The number of carbonyl (C=O) groups excluding carboxylic acids is 1. The van der Waals surface area contributed by atoms with E-state index in [1.807, 2.05) is 6.07 Å². The number of nitrogens with one attached hydrogen (secondary N) is 1. The van der Waals surface area contributed by atoms with Crippen molar-refractivity contribution >= 4 is 11.7 Å². The van der Waals surface area contributed by atoms with Gasteiger partial charge in [-0.3, -0.25) is 0 Å². The molecule has 9 heteroatoms. The second kappa shape index (κ2) is 7.37. The van der Waals surface area contributed by atoms with E-state index in [-0.39, 0.29) is 30.5 Å². The number of anilines is 1. The van der Waals surface area contributed by atoms with E-state index in [0.717, 1.165) is 12.8 Å². The fourth-order valence-electron chi connectivity index (χ4n) is 3.04. The van der Waals surface area contributed by atoms with E-state index >= 15 is 0 Å². The van der Waals surface area contributed by atoms with Gasteiger partial charge in [0, 0.05) is 30.7 Å². The minimum absolute atomic E-state index is 0.138. The zero-order valence-corrected chi connectivity index (χ0v) is 14.4. The fourth-order valence-corrected chi connectivity index (χ4v) is 3.04. The first-order valence-electron chi connectivity index (χ1n) is 8.56. The molecule has 1 saturated heterocycles. The standard InChI is InChI=1S/C18H17N5O4/c19-9-14-17(21-6-5-20-14)27-13-2-1-7-23(10-13)18(24)22-12-3-4-15-16(8-12)26-11-25-15/h3-6,8,13H,1-2,7,10-11H2,(H,22,24). The van der Waals surface area contributed by atoms with Crippen LogP contribution in [-0.4, -0.2) is 46.9 Å². The third kappa shape index (κ3) is 3.69. The Labute approximate surface area is 155 Å². The van der Waals surface area contributed by atoms with E-state index in [0.29, 0.717) is 30.3 Å². The van der Waals surface area contributed by atoms with Gasteiger partial charge in [0.1, 0.15) is 12.2 Å². The second-order valence-corrected chi connectivity index (χ2v) is 6.15. The van der Waals surface area contributed by atoms with Crippen molar-refractivity contribution in [2.75, 3.05) is 25.2 Å².